The third-order valence-electron chi connectivity index (χ3n) is 3.78. The van der Waals surface area contributed by atoms with E-state index in [2.05, 4.69) is 13.0 Å². The van der Waals surface area contributed by atoms with Crippen LogP contribution in [-0.2, 0) is 10.9 Å². The van der Waals surface area contributed by atoms with Crippen LogP contribution in [0.2, 0.25) is 0 Å². The van der Waals surface area contributed by atoms with Crippen LogP contribution >= 0.6 is 11.8 Å². The summed E-state index contributed by atoms with van der Waals surface area (Å²) in [6.07, 6.45) is 2.64. The molecule has 1 atom stereocenters. The Morgan fingerprint density at radius 3 is 2.71 bits per heavy atom. The molecule has 1 aromatic rings. The molecule has 1 aromatic carbocycles. The molecule has 0 bridgehead atoms. The summed E-state index contributed by atoms with van der Waals surface area (Å²) in [5, 5.41) is 0. The molecular weight excluding hydrogens is 248 g/mol. The monoisotopic (exact) mass is 265 g/mol. The first-order chi connectivity index (χ1) is 8.22. The molecule has 3 rings (SSSR count). The van der Waals surface area contributed by atoms with Gasteiger partial charge in [0.25, 0.3) is 0 Å². The molecule has 0 aliphatic carbocycles. The van der Waals surface area contributed by atoms with E-state index in [0.717, 1.165) is 11.3 Å². The Labute approximate surface area is 110 Å². The molecule has 2 aliphatic rings. The molecule has 17 heavy (non-hydrogen) atoms. The average Bonchev–Trinajstić information content (AvgIpc) is 2.89. The summed E-state index contributed by atoms with van der Waals surface area (Å²) in [4.78, 5) is 13.9. The van der Waals surface area contributed by atoms with Crippen LogP contribution in [0.4, 0.5) is 0 Å². The number of fused-ring (bicyclic) bond motifs is 1. The zero-order chi connectivity index (χ0) is 11.9. The van der Waals surface area contributed by atoms with E-state index in [1.807, 2.05) is 30.0 Å². The average molecular weight is 265 g/mol. The minimum atomic E-state index is -0.0878. The van der Waals surface area contributed by atoms with Crippen molar-refractivity contribution in [2.24, 2.45) is 0 Å². The molecule has 0 N–H and O–H groups in total. The highest BCUT2D eigenvalue weighted by Gasteiger charge is 2.53. The fourth-order valence-corrected chi connectivity index (χ4v) is 7.14. The Balaban J connectivity index is 1.98. The third kappa shape index (κ3) is 1.84. The van der Waals surface area contributed by atoms with Gasteiger partial charge < -0.3 is 0 Å². The Bertz CT molecular complexity index is 451. The summed E-state index contributed by atoms with van der Waals surface area (Å²) in [5.74, 6) is 3.92. The lowest BCUT2D eigenvalue weighted by Gasteiger charge is -2.30. The van der Waals surface area contributed by atoms with Gasteiger partial charge in [-0.05, 0) is 25.8 Å². The molecule has 0 saturated carbocycles. The number of hydrogen-bond acceptors (Lipinski definition) is 2. The predicted octanol–water partition coefficient (Wildman–Crippen LogP) is 3.15. The van der Waals surface area contributed by atoms with E-state index in [-0.39, 0.29) is 4.75 Å². The minimum Gasteiger partial charge on any atom is -0.288 e. The normalized spacial score (nSPS) is 29.4. The Hall–Kier alpha value is -0.410. The van der Waals surface area contributed by atoms with Gasteiger partial charge in [0.15, 0.2) is 4.75 Å². The van der Waals surface area contributed by atoms with Gasteiger partial charge in [-0.25, -0.2) is 0 Å². The summed E-state index contributed by atoms with van der Waals surface area (Å²) in [5.41, 5.74) is 0.964. The molecule has 1 saturated heterocycles. The second-order valence-electron chi connectivity index (χ2n) is 4.95. The van der Waals surface area contributed by atoms with Crippen LogP contribution in [0.3, 0.4) is 0 Å². The van der Waals surface area contributed by atoms with Crippen molar-refractivity contribution in [2.45, 2.75) is 29.4 Å². The van der Waals surface area contributed by atoms with E-state index in [0.29, 0.717) is 16.7 Å². The SMILES string of the molecule is CC1([S+]2CCCC2)CSc2ccccc2C1=O. The molecule has 0 amide bonds. The molecule has 0 aromatic heterocycles. The number of carbonyl (C=O) groups is 1. The van der Waals surface area contributed by atoms with Crippen LogP contribution in [-0.4, -0.2) is 27.8 Å². The van der Waals surface area contributed by atoms with Crippen molar-refractivity contribution in [3.05, 3.63) is 29.8 Å². The highest BCUT2D eigenvalue weighted by Crippen LogP contribution is 2.41. The van der Waals surface area contributed by atoms with Crippen molar-refractivity contribution in [1.29, 1.82) is 0 Å². The van der Waals surface area contributed by atoms with Crippen LogP contribution in [0.15, 0.2) is 29.2 Å². The molecular formula is C14H17OS2+. The van der Waals surface area contributed by atoms with E-state index < -0.39 is 0 Å². The van der Waals surface area contributed by atoms with Crippen molar-refractivity contribution in [2.75, 3.05) is 17.3 Å². The first kappa shape index (κ1) is 11.7. The predicted molar refractivity (Wildman–Crippen MR) is 76.2 cm³/mol. The largest absolute Gasteiger partial charge is 0.288 e. The third-order valence-corrected chi connectivity index (χ3v) is 8.52. The number of carbonyl (C=O) groups excluding carboxylic acids is 1. The lowest BCUT2D eigenvalue weighted by Crippen LogP contribution is -2.48. The van der Waals surface area contributed by atoms with E-state index in [1.54, 1.807) is 0 Å². The number of hydrogen-bond donors (Lipinski definition) is 0. The molecule has 0 radical (unpaired) electrons. The van der Waals surface area contributed by atoms with E-state index >= 15 is 0 Å². The van der Waals surface area contributed by atoms with Gasteiger partial charge in [-0.15, -0.1) is 11.8 Å². The lowest BCUT2D eigenvalue weighted by atomic mass is 9.99. The standard InChI is InChI=1S/C14H17OS2/c1-14(17-8-4-5-9-17)10-16-12-7-3-2-6-11(12)13(14)15/h2-3,6-7H,4-5,8-10H2,1H3/q+1. The van der Waals surface area contributed by atoms with Gasteiger partial charge in [0.2, 0.25) is 5.78 Å². The maximum absolute atomic E-state index is 12.7. The number of rotatable bonds is 1. The lowest BCUT2D eigenvalue weighted by molar-refractivity contribution is 0.0953. The summed E-state index contributed by atoms with van der Waals surface area (Å²) in [7, 11) is 0.313. The van der Waals surface area contributed by atoms with Crippen LogP contribution in [0.25, 0.3) is 0 Å². The van der Waals surface area contributed by atoms with Crippen LogP contribution in [0.1, 0.15) is 30.1 Å². The maximum Gasteiger partial charge on any atom is 0.219 e. The molecule has 0 spiro atoms. The van der Waals surface area contributed by atoms with Gasteiger partial charge in [-0.2, -0.15) is 0 Å². The summed E-state index contributed by atoms with van der Waals surface area (Å²) < 4.78 is -0.0878. The van der Waals surface area contributed by atoms with Gasteiger partial charge in [-0.1, -0.05) is 18.2 Å². The molecule has 3 heteroatoms. The van der Waals surface area contributed by atoms with Gasteiger partial charge in [0, 0.05) is 21.4 Å². The van der Waals surface area contributed by atoms with Crippen LogP contribution in [0, 0.1) is 0 Å². The quantitative estimate of drug-likeness (QED) is 0.726. The van der Waals surface area contributed by atoms with Crippen molar-refractivity contribution in [3.63, 3.8) is 0 Å². The van der Waals surface area contributed by atoms with Gasteiger partial charge in [0.05, 0.1) is 5.75 Å². The van der Waals surface area contributed by atoms with Gasteiger partial charge >= 0.3 is 0 Å². The van der Waals surface area contributed by atoms with Crippen molar-refractivity contribution >= 4 is 28.4 Å². The van der Waals surface area contributed by atoms with E-state index in [4.69, 9.17) is 0 Å². The second-order valence-corrected chi connectivity index (χ2v) is 8.67. The number of benzene rings is 1. The molecule has 2 heterocycles. The molecule has 1 unspecified atom stereocenters. The van der Waals surface area contributed by atoms with Crippen molar-refractivity contribution in [1.82, 2.24) is 0 Å². The first-order valence-corrected chi connectivity index (χ1v) is 8.71. The second kappa shape index (κ2) is 4.36. The summed E-state index contributed by atoms with van der Waals surface area (Å²) in [6, 6.07) is 8.09. The zero-order valence-electron chi connectivity index (χ0n) is 10.1. The van der Waals surface area contributed by atoms with E-state index in [1.165, 1.54) is 29.2 Å². The molecule has 1 nitrogen and oxygen atoms in total. The van der Waals surface area contributed by atoms with Crippen LogP contribution < -0.4 is 0 Å². The Morgan fingerprint density at radius 1 is 1.24 bits per heavy atom. The molecule has 1 fully saturated rings. The summed E-state index contributed by atoms with van der Waals surface area (Å²) >= 11 is 1.87. The summed E-state index contributed by atoms with van der Waals surface area (Å²) in [6.45, 7) is 2.20. The van der Waals surface area contributed by atoms with Crippen molar-refractivity contribution in [3.8, 4) is 0 Å². The smallest absolute Gasteiger partial charge is 0.219 e. The zero-order valence-corrected chi connectivity index (χ0v) is 11.7. The number of Topliss-reactive ketones (excluding diaryl/α,β-unsaturated/α-hetero) is 1. The van der Waals surface area contributed by atoms with E-state index in [9.17, 15) is 4.79 Å². The molecule has 2 aliphatic heterocycles. The van der Waals surface area contributed by atoms with Gasteiger partial charge in [-0.3, -0.25) is 4.79 Å². The first-order valence-electron chi connectivity index (χ1n) is 6.16. The fourth-order valence-electron chi connectivity index (χ4n) is 2.67. The maximum atomic E-state index is 12.7. The van der Waals surface area contributed by atoms with Crippen LogP contribution in [0.5, 0.6) is 0 Å². The Kier molecular flexibility index (Phi) is 2.99. The molecule has 90 valence electrons. The topological polar surface area (TPSA) is 17.1 Å². The number of thioether (sulfide) groups is 1. The number of ketones is 1. The highest BCUT2D eigenvalue weighted by molar-refractivity contribution is 8.03. The fraction of sp³-hybridized carbons (Fsp3) is 0.500. The highest BCUT2D eigenvalue weighted by atomic mass is 32.2. The van der Waals surface area contributed by atoms with Crippen molar-refractivity contribution < 1.29 is 4.79 Å². The van der Waals surface area contributed by atoms with Gasteiger partial charge in [0.1, 0.15) is 11.5 Å². The minimum absolute atomic E-state index is 0.0878. The Morgan fingerprint density at radius 2 is 1.94 bits per heavy atom.